The zero-order valence-corrected chi connectivity index (χ0v) is 67.8. The van der Waals surface area contributed by atoms with Gasteiger partial charge in [0.15, 0.2) is 0 Å². The molecule has 0 saturated carbocycles. The van der Waals surface area contributed by atoms with Crippen molar-refractivity contribution in [2.24, 2.45) is 33.3 Å². The average molecular weight is 1610 g/mol. The number of carbonyl (C=O) groups excluding carboxylic acids is 4. The van der Waals surface area contributed by atoms with E-state index in [1.165, 1.54) is 114 Å². The van der Waals surface area contributed by atoms with Crippen LogP contribution in [0.15, 0.2) is 243 Å². The molecule has 18 heteroatoms. The summed E-state index contributed by atoms with van der Waals surface area (Å²) in [5.74, 6) is -0.228. The summed E-state index contributed by atoms with van der Waals surface area (Å²) in [7, 11) is 6.31. The smallest absolute Gasteiger partial charge is 0.870 e. The van der Waals surface area contributed by atoms with Crippen LogP contribution in [0.4, 0.5) is 0 Å². The van der Waals surface area contributed by atoms with E-state index < -0.39 is 27.6 Å². The molecule has 5 atom stereocenters. The first kappa shape index (κ1) is 83.5. The van der Waals surface area contributed by atoms with Crippen molar-refractivity contribution in [2.45, 2.75) is 117 Å². The molecule has 0 aliphatic heterocycles. The van der Waals surface area contributed by atoms with Gasteiger partial charge < -0.3 is 36.4 Å². The number of carboxylic acids is 1. The summed E-state index contributed by atoms with van der Waals surface area (Å²) in [6.45, 7) is 0.529. The van der Waals surface area contributed by atoms with Gasteiger partial charge >= 0.3 is 36.8 Å². The number of esters is 2. The number of nitrogens with zero attached hydrogens (tertiary/aromatic N) is 4. The summed E-state index contributed by atoms with van der Waals surface area (Å²) in [6, 6.07) is 92.3. The number of amides is 2. The molecule has 15 aliphatic carbocycles. The molecule has 15 aliphatic rings. The predicted molar refractivity (Wildman–Crippen MR) is 447 cm³/mol. The minimum atomic E-state index is -1.01. The molecule has 16 nitrogen and oxygen atoms in total. The van der Waals surface area contributed by atoms with Crippen molar-refractivity contribution in [3.8, 4) is 24.3 Å². The molecule has 6 N–H and O–H groups in total. The number of nitrogens with one attached hydrogen (secondary N) is 2. The Kier molecular flexibility index (Phi) is 24.8. The van der Waals surface area contributed by atoms with Crippen LogP contribution in [0.1, 0.15) is 230 Å². The number of hydrogen-bond donors (Lipinski definition) is 4. The van der Waals surface area contributed by atoms with E-state index in [2.05, 4.69) is 215 Å². The maximum Gasteiger partial charge on any atom is 1.00 e. The Labute approximate surface area is 705 Å². The van der Waals surface area contributed by atoms with Gasteiger partial charge in [-0.25, -0.2) is 0 Å². The Morgan fingerprint density at radius 2 is 0.641 bits per heavy atom. The van der Waals surface area contributed by atoms with Crippen molar-refractivity contribution < 1.29 is 64.3 Å². The summed E-state index contributed by atoms with van der Waals surface area (Å²) in [6.07, 6.45) is 4.77. The van der Waals surface area contributed by atoms with Gasteiger partial charge in [0, 0.05) is 74.7 Å². The minimum Gasteiger partial charge on any atom is -0.870 e. The van der Waals surface area contributed by atoms with Crippen LogP contribution in [0.3, 0.4) is 0 Å². The summed E-state index contributed by atoms with van der Waals surface area (Å²) in [5, 5.41) is 51.7. The van der Waals surface area contributed by atoms with Crippen molar-refractivity contribution in [1.29, 1.82) is 21.0 Å². The third-order valence-electron chi connectivity index (χ3n) is 27.0. The van der Waals surface area contributed by atoms with E-state index in [9.17, 15) is 44.9 Å². The molecule has 10 aromatic rings. The van der Waals surface area contributed by atoms with Crippen LogP contribution in [0.5, 0.6) is 0 Å². The normalized spacial score (nSPS) is 25.6. The summed E-state index contributed by atoms with van der Waals surface area (Å²) < 4.78 is 10.2. The van der Waals surface area contributed by atoms with E-state index >= 15 is 0 Å². The molecule has 586 valence electrons. The number of carbonyl (C=O) groups is 5. The molecule has 10 aromatic carbocycles. The number of rotatable bonds is 10. The predicted octanol–water partition coefficient (Wildman–Crippen LogP) is 14.9. The van der Waals surface area contributed by atoms with Crippen LogP contribution in [0, 0.1) is 72.9 Å². The number of halogens is 1. The number of fused-ring (bicyclic) bond motifs is 5. The first-order chi connectivity index (χ1) is 56.1. The van der Waals surface area contributed by atoms with E-state index in [1.54, 1.807) is 14.1 Å². The quantitative estimate of drug-likeness (QED) is 0.0562. The second kappa shape index (κ2) is 34.7. The van der Waals surface area contributed by atoms with Crippen LogP contribution >= 0.6 is 15.9 Å². The molecule has 0 spiro atoms. The molecule has 117 heavy (non-hydrogen) atoms. The number of methoxy groups -OCH3 is 2. The largest absolute Gasteiger partial charge is 1.00 e. The van der Waals surface area contributed by atoms with Gasteiger partial charge in [-0.1, -0.05) is 259 Å². The van der Waals surface area contributed by atoms with Crippen LogP contribution in [-0.4, -0.2) is 80.5 Å². The molecule has 2 amide bonds. The zero-order chi connectivity index (χ0) is 80.5. The van der Waals surface area contributed by atoms with E-state index in [0.29, 0.717) is 37.1 Å². The maximum atomic E-state index is 12.9. The number of ether oxygens (including phenoxy) is 2. The summed E-state index contributed by atoms with van der Waals surface area (Å²) in [5.41, 5.74) is 28.3. The molecule has 10 bridgehead atoms. The Morgan fingerprint density at radius 3 is 0.923 bits per heavy atom. The molecule has 0 saturated heterocycles. The summed E-state index contributed by atoms with van der Waals surface area (Å²) in [4.78, 5) is 62.7. The van der Waals surface area contributed by atoms with Gasteiger partial charge in [0.05, 0.1) is 90.7 Å². The van der Waals surface area contributed by atoms with Crippen molar-refractivity contribution in [1.82, 2.24) is 10.6 Å². The van der Waals surface area contributed by atoms with Gasteiger partial charge in [-0.15, -0.1) is 0 Å². The fourth-order valence-electron chi connectivity index (χ4n) is 22.6. The maximum absolute atomic E-state index is 12.9. The van der Waals surface area contributed by atoms with Gasteiger partial charge in [0.2, 0.25) is 11.8 Å². The Bertz CT molecular complexity index is 5300. The van der Waals surface area contributed by atoms with Crippen LogP contribution in [0.2, 0.25) is 0 Å². The van der Waals surface area contributed by atoms with Gasteiger partial charge in [-0.05, 0) is 156 Å². The van der Waals surface area contributed by atoms with E-state index in [1.807, 2.05) is 78.9 Å². The fraction of sp³-hybridized carbons (Fsp3) is 0.303. The molecule has 0 aromatic heterocycles. The zero-order valence-electron chi connectivity index (χ0n) is 66.2. The van der Waals surface area contributed by atoms with E-state index in [-0.39, 0.29) is 128 Å². The number of carboxylic acid groups (broad SMARTS) is 1. The average Bonchev–Trinajstić information content (AvgIpc) is 0.717. The molecular formula is C99H93BrLiN7O9. The number of nitriles is 4. The molecule has 0 fully saturated rings. The molecule has 5 unspecified atom stereocenters. The first-order valence-corrected chi connectivity index (χ1v) is 40.7. The summed E-state index contributed by atoms with van der Waals surface area (Å²) >= 11 is 2.89. The van der Waals surface area contributed by atoms with Crippen LogP contribution in [-0.2, 0) is 33.4 Å². The van der Waals surface area contributed by atoms with Crippen LogP contribution in [0.25, 0.3) is 0 Å². The van der Waals surface area contributed by atoms with Crippen molar-refractivity contribution >= 4 is 45.7 Å². The standard InChI is InChI=1S/C20H22N2O.C20H18N2O.C20H17NO2.C19H15NO2.C18H16O2.C2H2BrN.Li.H2O.H2/c2*1-22-19(23)20(10-11-21)12-17-13-6-2-4-8-15(13)18(20)16-9-5-3-7-14(16)17;1-23-19(22)20(10-11-21)12-17-13-6-2-4-8-15(13)18(20)16-9-5-3-7-14(16)17;20-10-9-19(18(21)22)11-16-12-5-1-3-7-14(12)17(19)15-8-4-2-6-13(15)16;1-20-18(19)16-10-15-11-6-2-4-8-13(11)17(16)14-9-5-3-7-12(14)15;3-1-2-4;;;/h2-9,17-18H,10-12,21H2,1H3,(H,22,23);2-9,17-18H,10,12H2,1H3,(H,22,23);2-9,17-18H,10,12H2,1H3;1-8,16-17H,9,11H2,(H,21,22);2-9,15-17H,10H2,1H3;1H2;;1H2;1H/q;;;;;;+1;;/p-1. The second-order valence-electron chi connectivity index (χ2n) is 31.9. The van der Waals surface area contributed by atoms with Crippen molar-refractivity contribution in [3.63, 3.8) is 0 Å². The fourth-order valence-corrected chi connectivity index (χ4v) is 22.6. The number of hydrogen-bond acceptors (Lipinski definition) is 13. The third kappa shape index (κ3) is 13.7. The van der Waals surface area contributed by atoms with Gasteiger partial charge in [0.25, 0.3) is 0 Å². The molecule has 0 radical (unpaired) electrons. The molecular weight excluding hydrogens is 1520 g/mol. The van der Waals surface area contributed by atoms with Crippen LogP contribution < -0.4 is 35.2 Å². The van der Waals surface area contributed by atoms with Gasteiger partial charge in [-0.2, -0.15) is 21.0 Å². The number of alkyl halides is 1. The van der Waals surface area contributed by atoms with Gasteiger partial charge in [-0.3, -0.25) is 24.0 Å². The number of aliphatic carboxylic acids is 1. The van der Waals surface area contributed by atoms with E-state index in [4.69, 9.17) is 20.5 Å². The number of nitrogens with two attached hydrogens (primary N) is 1. The number of benzene rings is 10. The van der Waals surface area contributed by atoms with Gasteiger partial charge in [0.1, 0.15) is 0 Å². The Balaban J connectivity index is 0.000000133. The monoisotopic (exact) mass is 1610 g/mol. The van der Waals surface area contributed by atoms with E-state index in [0.717, 1.165) is 30.4 Å². The minimum absolute atomic E-state index is 0. The van der Waals surface area contributed by atoms with Crippen molar-refractivity contribution in [2.75, 3.05) is 40.2 Å². The topological polar surface area (TPSA) is 299 Å². The third-order valence-corrected chi connectivity index (χ3v) is 27.2. The Morgan fingerprint density at radius 1 is 0.402 bits per heavy atom. The first-order valence-electron chi connectivity index (χ1n) is 39.6. The van der Waals surface area contributed by atoms with Crippen molar-refractivity contribution in [3.05, 3.63) is 354 Å². The Hall–Kier alpha value is -11.5. The molecule has 0 heterocycles. The molecule has 25 rings (SSSR count). The SMILES string of the molecule is CNC(=O)C1(CC#N)CC2c3ccccc3C1c1ccccc12.CNC(=O)C1(CCN)CC2c3ccccc3C1c1ccccc12.COC(=O)C1(CC#N)CC2c3ccccc3C1c1ccccc12.COC(=O)C1CC2c3ccccc3C1c1ccccc12.N#CCBr.N#CCC1(C(=O)O)CC2c3ccccc3C1c1ccccc12.[HH].[Li+].[OH-]. The second-order valence-corrected chi connectivity index (χ2v) is 32.4.